The van der Waals surface area contributed by atoms with Gasteiger partial charge in [0.25, 0.3) is 5.69 Å². The first kappa shape index (κ1) is 15.4. The van der Waals surface area contributed by atoms with E-state index in [0.717, 1.165) is 0 Å². The molecule has 0 aliphatic heterocycles. The number of rotatable bonds is 4. The smallest absolute Gasteiger partial charge is 0.288 e. The second kappa shape index (κ2) is 6.31. The molecule has 0 spiro atoms. The first-order valence-corrected chi connectivity index (χ1v) is 7.16. The fraction of sp³-hybridized carbons (Fsp3) is 0.0714. The van der Waals surface area contributed by atoms with E-state index >= 15 is 0 Å². The molecule has 7 nitrogen and oxygen atoms in total. The van der Waals surface area contributed by atoms with Crippen LogP contribution < -0.4 is 0 Å². The summed E-state index contributed by atoms with van der Waals surface area (Å²) in [6, 6.07) is 7.86. The summed E-state index contributed by atoms with van der Waals surface area (Å²) in [6.45, 7) is 0. The average molecular weight is 351 g/mol. The minimum atomic E-state index is -0.537. The fourth-order valence-corrected chi connectivity index (χ4v) is 2.23. The number of benzene rings is 1. The Kier molecular flexibility index (Phi) is 4.22. The minimum absolute atomic E-state index is 0.0807. The number of nitrogens with zero attached hydrogens (tertiary/aromatic N) is 4. The van der Waals surface area contributed by atoms with Crippen molar-refractivity contribution in [3.05, 3.63) is 68.3 Å². The third-order valence-electron chi connectivity index (χ3n) is 3.02. The van der Waals surface area contributed by atoms with Crippen molar-refractivity contribution < 1.29 is 9.45 Å². The van der Waals surface area contributed by atoms with E-state index in [1.54, 1.807) is 18.2 Å². The third-order valence-corrected chi connectivity index (χ3v) is 3.56. The Morgan fingerprint density at radius 3 is 2.74 bits per heavy atom. The maximum Gasteiger partial charge on any atom is 0.288 e. The summed E-state index contributed by atoms with van der Waals surface area (Å²) in [7, 11) is 0. The zero-order chi connectivity index (χ0) is 16.4. The maximum atomic E-state index is 10.9. The van der Waals surface area contributed by atoms with Crippen molar-refractivity contribution in [2.75, 3.05) is 0 Å². The summed E-state index contributed by atoms with van der Waals surface area (Å²) in [5, 5.41) is 15.2. The third kappa shape index (κ3) is 3.46. The molecule has 0 fully saturated rings. The highest BCUT2D eigenvalue weighted by atomic mass is 35.5. The molecule has 2 aromatic heterocycles. The van der Waals surface area contributed by atoms with Crippen LogP contribution in [-0.4, -0.2) is 20.0 Å². The Hall–Kier alpha value is -2.51. The summed E-state index contributed by atoms with van der Waals surface area (Å²) in [5.41, 5.74) is 1.14. The molecular formula is C14H8Cl2N4O3. The summed E-state index contributed by atoms with van der Waals surface area (Å²) >= 11 is 11.5. The van der Waals surface area contributed by atoms with Crippen molar-refractivity contribution in [1.82, 2.24) is 15.1 Å². The number of hydrogen-bond donors (Lipinski definition) is 0. The van der Waals surface area contributed by atoms with E-state index in [-0.39, 0.29) is 17.1 Å². The topological polar surface area (TPSA) is 95.0 Å². The molecule has 0 saturated carbocycles. The van der Waals surface area contributed by atoms with E-state index in [2.05, 4.69) is 15.1 Å². The minimum Gasteiger partial charge on any atom is -0.339 e. The Morgan fingerprint density at radius 2 is 2.04 bits per heavy atom. The van der Waals surface area contributed by atoms with Crippen LogP contribution in [0.5, 0.6) is 0 Å². The predicted octanol–water partition coefficient (Wildman–Crippen LogP) is 3.94. The number of pyridine rings is 1. The van der Waals surface area contributed by atoms with E-state index in [9.17, 15) is 10.1 Å². The number of halogens is 2. The second-order valence-corrected chi connectivity index (χ2v) is 5.40. The molecule has 2 heterocycles. The quantitative estimate of drug-likeness (QED) is 0.401. The zero-order valence-corrected chi connectivity index (χ0v) is 13.0. The van der Waals surface area contributed by atoms with Crippen LogP contribution in [-0.2, 0) is 6.42 Å². The van der Waals surface area contributed by atoms with Gasteiger partial charge >= 0.3 is 0 Å². The molecule has 0 amide bonds. The van der Waals surface area contributed by atoms with Gasteiger partial charge in [0, 0.05) is 17.8 Å². The first-order chi connectivity index (χ1) is 11.0. The Morgan fingerprint density at radius 1 is 1.22 bits per heavy atom. The van der Waals surface area contributed by atoms with Crippen molar-refractivity contribution in [2.45, 2.75) is 6.42 Å². The van der Waals surface area contributed by atoms with E-state index in [4.69, 9.17) is 27.7 Å². The molecule has 23 heavy (non-hydrogen) atoms. The summed E-state index contributed by atoms with van der Waals surface area (Å²) in [5.74, 6) is 0.694. The van der Waals surface area contributed by atoms with Crippen molar-refractivity contribution in [3.8, 4) is 11.4 Å². The van der Waals surface area contributed by atoms with E-state index in [0.29, 0.717) is 28.0 Å². The average Bonchev–Trinajstić information content (AvgIpc) is 2.98. The molecular weight excluding hydrogens is 343 g/mol. The number of nitro benzene ring substituents is 1. The van der Waals surface area contributed by atoms with Crippen molar-refractivity contribution >= 4 is 28.9 Å². The molecule has 0 unspecified atom stereocenters. The molecule has 1 aromatic carbocycles. The Labute approximate surface area is 140 Å². The summed E-state index contributed by atoms with van der Waals surface area (Å²) < 4.78 is 5.16. The van der Waals surface area contributed by atoms with Crippen LogP contribution in [0.4, 0.5) is 5.69 Å². The fourth-order valence-electron chi connectivity index (χ4n) is 1.93. The number of aromatic nitrogens is 3. The SMILES string of the molecule is O=[N+]([O-])c1cc(Cc2nc(-c3ccc(Cl)nc3)no2)ccc1Cl. The van der Waals surface area contributed by atoms with Gasteiger partial charge in [-0.1, -0.05) is 34.4 Å². The van der Waals surface area contributed by atoms with Crippen LogP contribution in [0.1, 0.15) is 11.5 Å². The molecule has 0 saturated heterocycles. The lowest BCUT2D eigenvalue weighted by molar-refractivity contribution is -0.384. The summed E-state index contributed by atoms with van der Waals surface area (Å²) in [6.07, 6.45) is 1.79. The summed E-state index contributed by atoms with van der Waals surface area (Å²) in [4.78, 5) is 18.5. The predicted molar refractivity (Wildman–Crippen MR) is 83.5 cm³/mol. The van der Waals surface area contributed by atoms with E-state index < -0.39 is 4.92 Å². The molecule has 0 radical (unpaired) electrons. The van der Waals surface area contributed by atoms with Gasteiger partial charge in [0.1, 0.15) is 10.2 Å². The monoisotopic (exact) mass is 350 g/mol. The van der Waals surface area contributed by atoms with Crippen molar-refractivity contribution in [1.29, 1.82) is 0 Å². The molecule has 9 heteroatoms. The highest BCUT2D eigenvalue weighted by Crippen LogP contribution is 2.26. The van der Waals surface area contributed by atoms with Gasteiger partial charge in [-0.25, -0.2) is 4.98 Å². The Bertz CT molecular complexity index is 865. The molecule has 3 aromatic rings. The van der Waals surface area contributed by atoms with Gasteiger partial charge in [-0.15, -0.1) is 0 Å². The number of nitro groups is 1. The zero-order valence-electron chi connectivity index (χ0n) is 11.4. The number of hydrogen-bond acceptors (Lipinski definition) is 6. The first-order valence-electron chi connectivity index (χ1n) is 6.40. The maximum absolute atomic E-state index is 10.9. The second-order valence-electron chi connectivity index (χ2n) is 4.60. The molecule has 0 aliphatic rings. The van der Waals surface area contributed by atoms with Gasteiger partial charge in [0.05, 0.1) is 11.3 Å². The molecule has 0 bridgehead atoms. The highest BCUT2D eigenvalue weighted by molar-refractivity contribution is 6.32. The van der Waals surface area contributed by atoms with Crippen molar-refractivity contribution in [3.63, 3.8) is 0 Å². The standard InChI is InChI=1S/C14H8Cl2N4O3/c15-10-3-1-8(5-11(10)20(21)22)6-13-18-14(19-23-13)9-2-4-12(16)17-7-9/h1-5,7H,6H2. The molecule has 0 aliphatic carbocycles. The van der Waals surface area contributed by atoms with Gasteiger partial charge in [-0.3, -0.25) is 10.1 Å². The van der Waals surface area contributed by atoms with Gasteiger partial charge in [0.2, 0.25) is 11.7 Å². The van der Waals surface area contributed by atoms with E-state index in [1.807, 2.05) is 0 Å². The highest BCUT2D eigenvalue weighted by Gasteiger charge is 2.15. The lowest BCUT2D eigenvalue weighted by Crippen LogP contribution is -1.93. The molecule has 116 valence electrons. The van der Waals surface area contributed by atoms with Crippen LogP contribution in [0.2, 0.25) is 10.2 Å². The van der Waals surface area contributed by atoms with Gasteiger partial charge in [-0.2, -0.15) is 4.98 Å². The van der Waals surface area contributed by atoms with Gasteiger partial charge < -0.3 is 4.52 Å². The van der Waals surface area contributed by atoms with Crippen molar-refractivity contribution in [2.24, 2.45) is 0 Å². The van der Waals surface area contributed by atoms with Gasteiger partial charge in [-0.05, 0) is 23.8 Å². The largest absolute Gasteiger partial charge is 0.339 e. The Balaban J connectivity index is 1.83. The van der Waals surface area contributed by atoms with Crippen LogP contribution >= 0.6 is 23.2 Å². The molecule has 0 atom stereocenters. The normalized spacial score (nSPS) is 10.7. The lowest BCUT2D eigenvalue weighted by Gasteiger charge is -1.99. The van der Waals surface area contributed by atoms with Gasteiger partial charge in [0.15, 0.2) is 0 Å². The van der Waals surface area contributed by atoms with Crippen LogP contribution in [0.3, 0.4) is 0 Å². The lowest BCUT2D eigenvalue weighted by atomic mass is 10.1. The van der Waals surface area contributed by atoms with E-state index in [1.165, 1.54) is 18.3 Å². The molecule has 0 N–H and O–H groups in total. The molecule has 3 rings (SSSR count). The van der Waals surface area contributed by atoms with Crippen LogP contribution in [0, 0.1) is 10.1 Å². The van der Waals surface area contributed by atoms with Crippen LogP contribution in [0.25, 0.3) is 11.4 Å². The van der Waals surface area contributed by atoms with Crippen LogP contribution in [0.15, 0.2) is 41.1 Å².